The SMILES string of the molecule is COC(=O)C1(C(=O)OC)[C@H](c2ccc(Cl)cc2)[C@H]2CN(S(=O)(=O)c3ccc(C)cc3)c3ccccc3[C@H]21. The van der Waals surface area contributed by atoms with E-state index in [1.54, 1.807) is 72.8 Å². The molecule has 0 bridgehead atoms. The summed E-state index contributed by atoms with van der Waals surface area (Å²) in [5.41, 5.74) is 0.943. The van der Waals surface area contributed by atoms with Gasteiger partial charge in [0.15, 0.2) is 5.41 Å². The first-order chi connectivity index (χ1) is 17.7. The zero-order valence-corrected chi connectivity index (χ0v) is 22.1. The summed E-state index contributed by atoms with van der Waals surface area (Å²) in [5, 5.41) is 0.499. The summed E-state index contributed by atoms with van der Waals surface area (Å²) in [6, 6.07) is 20.5. The van der Waals surface area contributed by atoms with E-state index in [9.17, 15) is 18.0 Å². The molecule has 1 fully saturated rings. The number of aryl methyl sites for hydroxylation is 1. The number of methoxy groups -OCH3 is 2. The number of halogens is 1. The van der Waals surface area contributed by atoms with Crippen LogP contribution in [-0.4, -0.2) is 41.1 Å². The van der Waals surface area contributed by atoms with Gasteiger partial charge in [-0.2, -0.15) is 0 Å². The van der Waals surface area contributed by atoms with E-state index in [4.69, 9.17) is 21.1 Å². The molecule has 3 aromatic rings. The summed E-state index contributed by atoms with van der Waals surface area (Å²) in [5.74, 6) is -3.18. The fraction of sp³-hybridized carbons (Fsp3) is 0.286. The highest BCUT2D eigenvalue weighted by atomic mass is 35.5. The number of anilines is 1. The van der Waals surface area contributed by atoms with Crippen LogP contribution in [0, 0.1) is 18.3 Å². The van der Waals surface area contributed by atoms with Crippen LogP contribution < -0.4 is 4.31 Å². The van der Waals surface area contributed by atoms with Crippen molar-refractivity contribution in [3.05, 3.63) is 94.5 Å². The molecule has 1 aliphatic heterocycles. The van der Waals surface area contributed by atoms with Crippen molar-refractivity contribution in [2.24, 2.45) is 11.3 Å². The Hall–Kier alpha value is -3.36. The van der Waals surface area contributed by atoms with Gasteiger partial charge in [0.1, 0.15) is 0 Å². The number of ether oxygens (including phenoxy) is 2. The molecule has 0 saturated heterocycles. The van der Waals surface area contributed by atoms with Crippen molar-refractivity contribution in [1.29, 1.82) is 0 Å². The number of carbonyl (C=O) groups excluding carboxylic acids is 2. The van der Waals surface area contributed by atoms with Crippen LogP contribution >= 0.6 is 11.6 Å². The predicted octanol–water partition coefficient (Wildman–Crippen LogP) is 4.69. The largest absolute Gasteiger partial charge is 0.468 e. The molecule has 192 valence electrons. The fourth-order valence-electron chi connectivity index (χ4n) is 6.07. The van der Waals surface area contributed by atoms with Crippen LogP contribution in [0.3, 0.4) is 0 Å². The summed E-state index contributed by atoms with van der Waals surface area (Å²) in [6.07, 6.45) is 0. The van der Waals surface area contributed by atoms with Crippen molar-refractivity contribution in [1.82, 2.24) is 0 Å². The van der Waals surface area contributed by atoms with Crippen molar-refractivity contribution in [2.45, 2.75) is 23.7 Å². The molecule has 37 heavy (non-hydrogen) atoms. The van der Waals surface area contributed by atoms with E-state index in [-0.39, 0.29) is 11.4 Å². The number of fused-ring (bicyclic) bond motifs is 3. The molecule has 9 heteroatoms. The number of benzene rings is 3. The smallest absolute Gasteiger partial charge is 0.324 e. The van der Waals surface area contributed by atoms with E-state index in [1.807, 2.05) is 6.92 Å². The quantitative estimate of drug-likeness (QED) is 0.345. The molecule has 0 aromatic heterocycles. The van der Waals surface area contributed by atoms with Gasteiger partial charge in [-0.25, -0.2) is 8.42 Å². The van der Waals surface area contributed by atoms with Crippen LogP contribution in [0.15, 0.2) is 77.7 Å². The van der Waals surface area contributed by atoms with Crippen LogP contribution in [0.2, 0.25) is 5.02 Å². The number of nitrogens with zero attached hydrogens (tertiary/aromatic N) is 1. The highest BCUT2D eigenvalue weighted by Crippen LogP contribution is 2.69. The van der Waals surface area contributed by atoms with Crippen molar-refractivity contribution in [3.8, 4) is 0 Å². The Morgan fingerprint density at radius 3 is 2.08 bits per heavy atom. The van der Waals surface area contributed by atoms with E-state index >= 15 is 0 Å². The molecule has 0 spiro atoms. The maximum atomic E-state index is 13.9. The first-order valence-electron chi connectivity index (χ1n) is 11.8. The lowest BCUT2D eigenvalue weighted by Gasteiger charge is -2.61. The Balaban J connectivity index is 1.73. The van der Waals surface area contributed by atoms with Gasteiger partial charge >= 0.3 is 11.9 Å². The second-order valence-corrected chi connectivity index (χ2v) is 11.7. The Morgan fingerprint density at radius 1 is 0.892 bits per heavy atom. The number of esters is 2. The number of carbonyl (C=O) groups is 2. The Labute approximate surface area is 221 Å². The highest BCUT2D eigenvalue weighted by Gasteiger charge is 2.74. The summed E-state index contributed by atoms with van der Waals surface area (Å²) >= 11 is 6.12. The van der Waals surface area contributed by atoms with Crippen molar-refractivity contribution in [3.63, 3.8) is 0 Å². The van der Waals surface area contributed by atoms with E-state index in [1.165, 1.54) is 18.5 Å². The Kier molecular flexibility index (Phi) is 6.28. The van der Waals surface area contributed by atoms with Gasteiger partial charge in [0.2, 0.25) is 0 Å². The first kappa shape index (κ1) is 25.3. The summed E-state index contributed by atoms with van der Waals surface area (Å²) in [6.45, 7) is 1.96. The zero-order chi connectivity index (χ0) is 26.5. The standard InChI is InChI=1S/C28H26ClNO6S/c1-17-8-14-20(15-9-17)37(33,34)30-16-22-24(18-10-12-19(29)13-11-18)28(26(31)35-2,27(32)36-3)25(22)21-6-4-5-7-23(21)30/h4-15,22,24-25H,16H2,1-3H3/t22-,24-,25-/m1/s1. The summed E-state index contributed by atoms with van der Waals surface area (Å²) in [7, 11) is -1.46. The van der Waals surface area contributed by atoms with Gasteiger partial charge in [-0.15, -0.1) is 0 Å². The van der Waals surface area contributed by atoms with E-state index in [2.05, 4.69) is 0 Å². The minimum absolute atomic E-state index is 0.0704. The van der Waals surface area contributed by atoms with Crippen LogP contribution in [0.1, 0.15) is 28.5 Å². The lowest BCUT2D eigenvalue weighted by Crippen LogP contribution is -2.67. The second-order valence-electron chi connectivity index (χ2n) is 9.43. The van der Waals surface area contributed by atoms with E-state index in [0.717, 1.165) is 5.56 Å². The molecule has 0 amide bonds. The normalized spacial score (nSPS) is 21.7. The summed E-state index contributed by atoms with van der Waals surface area (Å²) in [4.78, 5) is 27.1. The molecule has 3 atom stereocenters. The fourth-order valence-corrected chi connectivity index (χ4v) is 7.73. The molecule has 7 nitrogen and oxygen atoms in total. The van der Waals surface area contributed by atoms with Gasteiger partial charge in [-0.3, -0.25) is 13.9 Å². The van der Waals surface area contributed by atoms with Crippen molar-refractivity contribution < 1.29 is 27.5 Å². The molecule has 1 heterocycles. The van der Waals surface area contributed by atoms with Crippen LogP contribution in [0.5, 0.6) is 0 Å². The molecular weight excluding hydrogens is 514 g/mol. The number of hydrogen-bond donors (Lipinski definition) is 0. The monoisotopic (exact) mass is 539 g/mol. The number of sulfonamides is 1. The highest BCUT2D eigenvalue weighted by molar-refractivity contribution is 7.92. The number of rotatable bonds is 5. The zero-order valence-electron chi connectivity index (χ0n) is 20.6. The number of para-hydroxylation sites is 1. The minimum Gasteiger partial charge on any atom is -0.468 e. The maximum Gasteiger partial charge on any atom is 0.324 e. The average Bonchev–Trinajstić information content (AvgIpc) is 2.89. The topological polar surface area (TPSA) is 90.0 Å². The minimum atomic E-state index is -3.94. The predicted molar refractivity (Wildman–Crippen MR) is 139 cm³/mol. The van der Waals surface area contributed by atoms with Gasteiger partial charge in [-0.05, 0) is 54.3 Å². The van der Waals surface area contributed by atoms with Gasteiger partial charge in [0, 0.05) is 23.4 Å². The van der Waals surface area contributed by atoms with Crippen LogP contribution in [0.4, 0.5) is 5.69 Å². The third kappa shape index (κ3) is 3.65. The van der Waals surface area contributed by atoms with Gasteiger partial charge in [0.05, 0.1) is 24.8 Å². The molecule has 1 saturated carbocycles. The van der Waals surface area contributed by atoms with E-state index < -0.39 is 45.1 Å². The Morgan fingerprint density at radius 2 is 1.49 bits per heavy atom. The lowest BCUT2D eigenvalue weighted by molar-refractivity contribution is -0.188. The third-order valence-corrected chi connectivity index (χ3v) is 9.68. The molecule has 3 aromatic carbocycles. The van der Waals surface area contributed by atoms with E-state index in [0.29, 0.717) is 21.8 Å². The summed E-state index contributed by atoms with van der Waals surface area (Å²) < 4.78 is 39.6. The molecule has 2 aliphatic rings. The Bertz CT molecular complexity index is 1450. The third-order valence-electron chi connectivity index (χ3n) is 7.64. The first-order valence-corrected chi connectivity index (χ1v) is 13.6. The molecule has 0 N–H and O–H groups in total. The molecule has 5 rings (SSSR count). The molecular formula is C28H26ClNO6S. The second kappa shape index (κ2) is 9.19. The van der Waals surface area contributed by atoms with Crippen molar-refractivity contribution in [2.75, 3.05) is 25.1 Å². The van der Waals surface area contributed by atoms with Gasteiger partial charge in [-0.1, -0.05) is 59.6 Å². The lowest BCUT2D eigenvalue weighted by atomic mass is 9.42. The number of hydrogen-bond acceptors (Lipinski definition) is 6. The van der Waals surface area contributed by atoms with Crippen LogP contribution in [-0.2, 0) is 29.1 Å². The van der Waals surface area contributed by atoms with Crippen molar-refractivity contribution >= 4 is 39.3 Å². The maximum absolute atomic E-state index is 13.9. The van der Waals surface area contributed by atoms with Gasteiger partial charge in [0.25, 0.3) is 10.0 Å². The van der Waals surface area contributed by atoms with Crippen LogP contribution in [0.25, 0.3) is 0 Å². The average molecular weight is 540 g/mol. The van der Waals surface area contributed by atoms with Gasteiger partial charge < -0.3 is 9.47 Å². The molecule has 1 aliphatic carbocycles. The molecule has 0 unspecified atom stereocenters. The molecule has 0 radical (unpaired) electrons.